The van der Waals surface area contributed by atoms with E-state index in [9.17, 15) is 13.2 Å². The molecule has 0 aliphatic carbocycles. The van der Waals surface area contributed by atoms with Gasteiger partial charge in [-0.2, -0.15) is 18.3 Å². The summed E-state index contributed by atoms with van der Waals surface area (Å²) in [5.74, 6) is 0. The first-order chi connectivity index (χ1) is 7.96. The number of hydrogen-bond donors (Lipinski definition) is 0. The van der Waals surface area contributed by atoms with E-state index in [2.05, 4.69) is 27.7 Å². The zero-order valence-electron chi connectivity index (χ0n) is 8.58. The summed E-state index contributed by atoms with van der Waals surface area (Å²) in [5, 5.41) is 3.71. The van der Waals surface area contributed by atoms with Crippen molar-refractivity contribution in [2.24, 2.45) is 0 Å². The monoisotopic (exact) mass is 352 g/mol. The van der Waals surface area contributed by atoms with Crippen molar-refractivity contribution in [1.29, 1.82) is 0 Å². The Labute approximate surface area is 110 Å². The second kappa shape index (κ2) is 4.67. The Kier molecular flexibility index (Phi) is 3.41. The molecule has 0 radical (unpaired) electrons. The number of benzene rings is 1. The molecule has 0 unspecified atom stereocenters. The molecule has 2 aromatic rings. The topological polar surface area (TPSA) is 17.8 Å². The standard InChI is InChI=1S/C11H8F3IN2/c12-11(13,14)7-17-6-8(5-16-17)9-3-1-2-4-10(9)15/h1-6H,7H2. The Morgan fingerprint density at radius 2 is 1.94 bits per heavy atom. The summed E-state index contributed by atoms with van der Waals surface area (Å²) >= 11 is 2.14. The van der Waals surface area contributed by atoms with Crippen molar-refractivity contribution in [3.05, 3.63) is 40.2 Å². The zero-order chi connectivity index (χ0) is 12.5. The molecule has 2 nitrogen and oxygen atoms in total. The Morgan fingerprint density at radius 1 is 1.24 bits per heavy atom. The molecule has 0 fully saturated rings. The maximum absolute atomic E-state index is 12.2. The van der Waals surface area contributed by atoms with Crippen molar-refractivity contribution in [3.63, 3.8) is 0 Å². The van der Waals surface area contributed by atoms with E-state index in [1.54, 1.807) is 0 Å². The van der Waals surface area contributed by atoms with E-state index in [4.69, 9.17) is 0 Å². The normalized spacial score (nSPS) is 11.8. The molecule has 0 saturated carbocycles. The van der Waals surface area contributed by atoms with Crippen LogP contribution in [0.3, 0.4) is 0 Å². The summed E-state index contributed by atoms with van der Waals surface area (Å²) in [6.07, 6.45) is -1.39. The largest absolute Gasteiger partial charge is 0.408 e. The minimum absolute atomic E-state index is 0.694. The molecule has 1 aromatic carbocycles. The molecule has 0 atom stereocenters. The van der Waals surface area contributed by atoms with Gasteiger partial charge in [0.2, 0.25) is 0 Å². The number of hydrogen-bond acceptors (Lipinski definition) is 1. The summed E-state index contributed by atoms with van der Waals surface area (Å²) in [6.45, 7) is -1.06. The lowest BCUT2D eigenvalue weighted by molar-refractivity contribution is -0.142. The van der Waals surface area contributed by atoms with Crippen LogP contribution >= 0.6 is 22.6 Å². The molecule has 6 heteroatoms. The fourth-order valence-corrected chi connectivity index (χ4v) is 2.17. The van der Waals surface area contributed by atoms with Gasteiger partial charge < -0.3 is 0 Å². The van der Waals surface area contributed by atoms with E-state index >= 15 is 0 Å². The van der Waals surface area contributed by atoms with Gasteiger partial charge in [-0.3, -0.25) is 4.68 Å². The van der Waals surface area contributed by atoms with Crippen molar-refractivity contribution < 1.29 is 13.2 Å². The van der Waals surface area contributed by atoms with Gasteiger partial charge >= 0.3 is 6.18 Å². The van der Waals surface area contributed by atoms with Crippen LogP contribution in [-0.4, -0.2) is 16.0 Å². The summed E-state index contributed by atoms with van der Waals surface area (Å²) in [6, 6.07) is 7.48. The highest BCUT2D eigenvalue weighted by atomic mass is 127. The number of alkyl halides is 3. The van der Waals surface area contributed by atoms with Gasteiger partial charge in [-0.05, 0) is 34.2 Å². The molecule has 0 N–H and O–H groups in total. The Bertz CT molecular complexity index is 519. The number of nitrogens with zero attached hydrogens (tertiary/aromatic N) is 2. The average Bonchev–Trinajstić information content (AvgIpc) is 2.64. The van der Waals surface area contributed by atoms with Gasteiger partial charge in [0, 0.05) is 15.3 Å². The van der Waals surface area contributed by atoms with Crippen molar-refractivity contribution in [2.45, 2.75) is 12.7 Å². The lowest BCUT2D eigenvalue weighted by Crippen LogP contribution is -2.17. The van der Waals surface area contributed by atoms with Gasteiger partial charge in [0.1, 0.15) is 6.54 Å². The number of rotatable bonds is 2. The quantitative estimate of drug-likeness (QED) is 0.754. The number of halogens is 4. The van der Waals surface area contributed by atoms with Gasteiger partial charge in [0.25, 0.3) is 0 Å². The Hall–Kier alpha value is -1.05. The Balaban J connectivity index is 2.28. The highest BCUT2D eigenvalue weighted by Gasteiger charge is 2.28. The highest BCUT2D eigenvalue weighted by molar-refractivity contribution is 14.1. The van der Waals surface area contributed by atoms with Crippen molar-refractivity contribution in [1.82, 2.24) is 9.78 Å². The predicted molar refractivity (Wildman–Crippen MR) is 66.4 cm³/mol. The molecule has 0 amide bonds. The van der Waals surface area contributed by atoms with Gasteiger partial charge in [-0.1, -0.05) is 18.2 Å². The van der Waals surface area contributed by atoms with E-state index in [0.29, 0.717) is 5.56 Å². The van der Waals surface area contributed by atoms with Crippen LogP contribution in [0.15, 0.2) is 36.7 Å². The van der Waals surface area contributed by atoms with Crippen molar-refractivity contribution in [3.8, 4) is 11.1 Å². The number of aromatic nitrogens is 2. The zero-order valence-corrected chi connectivity index (χ0v) is 10.7. The van der Waals surface area contributed by atoms with Crippen LogP contribution < -0.4 is 0 Å². The van der Waals surface area contributed by atoms with Crippen LogP contribution in [0.2, 0.25) is 0 Å². The fraction of sp³-hybridized carbons (Fsp3) is 0.182. The molecule has 0 bridgehead atoms. The van der Waals surface area contributed by atoms with Crippen molar-refractivity contribution in [2.75, 3.05) is 0 Å². The van der Waals surface area contributed by atoms with E-state index in [1.165, 1.54) is 12.4 Å². The molecular formula is C11H8F3IN2. The summed E-state index contributed by atoms with van der Waals surface area (Å²) in [4.78, 5) is 0. The minimum Gasteiger partial charge on any atom is -0.263 e. The van der Waals surface area contributed by atoms with Crippen LogP contribution in [0.1, 0.15) is 0 Å². The van der Waals surface area contributed by atoms with Crippen molar-refractivity contribution >= 4 is 22.6 Å². The molecule has 0 spiro atoms. The molecule has 0 aliphatic heterocycles. The lowest BCUT2D eigenvalue weighted by atomic mass is 10.1. The fourth-order valence-electron chi connectivity index (χ4n) is 1.47. The molecule has 1 aromatic heterocycles. The first kappa shape index (κ1) is 12.4. The maximum atomic E-state index is 12.2. The second-order valence-corrected chi connectivity index (χ2v) is 4.68. The first-order valence-corrected chi connectivity index (χ1v) is 5.88. The molecule has 1 heterocycles. The Morgan fingerprint density at radius 3 is 2.59 bits per heavy atom. The van der Waals surface area contributed by atoms with Gasteiger partial charge in [0.15, 0.2) is 0 Å². The molecule has 90 valence electrons. The van der Waals surface area contributed by atoms with Crippen LogP contribution in [0.4, 0.5) is 13.2 Å². The third-order valence-corrected chi connectivity index (χ3v) is 3.10. The van der Waals surface area contributed by atoms with Gasteiger partial charge in [-0.25, -0.2) is 0 Å². The van der Waals surface area contributed by atoms with E-state index in [-0.39, 0.29) is 0 Å². The molecule has 2 rings (SSSR count). The smallest absolute Gasteiger partial charge is 0.263 e. The second-order valence-electron chi connectivity index (χ2n) is 3.52. The average molecular weight is 352 g/mol. The first-order valence-electron chi connectivity index (χ1n) is 4.80. The van der Waals surface area contributed by atoms with E-state index < -0.39 is 12.7 Å². The SMILES string of the molecule is FC(F)(F)Cn1cc(-c2ccccc2I)cn1. The van der Waals surface area contributed by atoms with E-state index in [0.717, 1.165) is 13.8 Å². The van der Waals surface area contributed by atoms with Crippen LogP contribution in [0.5, 0.6) is 0 Å². The van der Waals surface area contributed by atoms with Crippen LogP contribution in [0, 0.1) is 3.57 Å². The lowest BCUT2D eigenvalue weighted by Gasteiger charge is -2.05. The van der Waals surface area contributed by atoms with Gasteiger partial charge in [0.05, 0.1) is 6.20 Å². The summed E-state index contributed by atoms with van der Waals surface area (Å²) in [7, 11) is 0. The van der Waals surface area contributed by atoms with E-state index in [1.807, 2.05) is 24.3 Å². The van der Waals surface area contributed by atoms with Crippen LogP contribution in [-0.2, 0) is 6.54 Å². The third kappa shape index (κ3) is 3.21. The van der Waals surface area contributed by atoms with Gasteiger partial charge in [-0.15, -0.1) is 0 Å². The minimum atomic E-state index is -4.24. The summed E-state index contributed by atoms with van der Waals surface area (Å²) < 4.78 is 38.4. The maximum Gasteiger partial charge on any atom is 0.408 e. The molecular weight excluding hydrogens is 344 g/mol. The molecule has 17 heavy (non-hydrogen) atoms. The van der Waals surface area contributed by atoms with Crippen LogP contribution in [0.25, 0.3) is 11.1 Å². The predicted octanol–water partition coefficient (Wildman–Crippen LogP) is 3.72. The molecule has 0 aliphatic rings. The molecule has 0 saturated heterocycles. The highest BCUT2D eigenvalue weighted by Crippen LogP contribution is 2.25. The third-order valence-electron chi connectivity index (χ3n) is 2.16. The summed E-state index contributed by atoms with van der Waals surface area (Å²) in [5.41, 5.74) is 1.58.